The maximum absolute atomic E-state index is 13.3. The highest BCUT2D eigenvalue weighted by molar-refractivity contribution is 5.96. The Balaban J connectivity index is 1.48. The van der Waals surface area contributed by atoms with Crippen molar-refractivity contribution in [3.05, 3.63) is 42.1 Å². The molecule has 3 amide bonds. The lowest BCUT2D eigenvalue weighted by atomic mass is 10.1. The SMILES string of the molecule is CCOC(=O)N1CCN(C(=O)[C@H](CCC(=O)O)NC(=O)c2cc(OCC(=O)C3(C)CC3)n(-c3ccccc3)n2)CC1. The van der Waals surface area contributed by atoms with Gasteiger partial charge in [0.15, 0.2) is 11.5 Å². The number of ketones is 1. The highest BCUT2D eigenvalue weighted by Crippen LogP contribution is 2.45. The van der Waals surface area contributed by atoms with E-state index in [1.807, 2.05) is 13.0 Å². The normalized spacial score (nSPS) is 16.4. The van der Waals surface area contributed by atoms with Gasteiger partial charge < -0.3 is 29.7 Å². The molecule has 220 valence electrons. The van der Waals surface area contributed by atoms with Gasteiger partial charge in [0.05, 0.1) is 12.3 Å². The second-order valence-corrected chi connectivity index (χ2v) is 10.4. The summed E-state index contributed by atoms with van der Waals surface area (Å²) in [5, 5.41) is 16.2. The molecule has 1 aromatic heterocycles. The smallest absolute Gasteiger partial charge is 0.409 e. The molecule has 2 heterocycles. The largest absolute Gasteiger partial charge is 0.481 e. The van der Waals surface area contributed by atoms with Crippen molar-refractivity contribution in [3.63, 3.8) is 0 Å². The zero-order valence-electron chi connectivity index (χ0n) is 23.2. The molecule has 1 aromatic carbocycles. The zero-order valence-corrected chi connectivity index (χ0v) is 23.2. The highest BCUT2D eigenvalue weighted by atomic mass is 16.6. The summed E-state index contributed by atoms with van der Waals surface area (Å²) in [6.45, 7) is 4.59. The van der Waals surface area contributed by atoms with Crippen LogP contribution in [0.2, 0.25) is 0 Å². The quantitative estimate of drug-likeness (QED) is 0.389. The molecule has 13 heteroatoms. The van der Waals surface area contributed by atoms with E-state index in [9.17, 15) is 29.1 Å². The van der Waals surface area contributed by atoms with Crippen LogP contribution < -0.4 is 10.1 Å². The number of hydrogen-bond donors (Lipinski definition) is 2. The molecule has 0 unspecified atom stereocenters. The van der Waals surface area contributed by atoms with Gasteiger partial charge in [-0.15, -0.1) is 0 Å². The summed E-state index contributed by atoms with van der Waals surface area (Å²) in [5.41, 5.74) is 0.163. The fraction of sp³-hybridized carbons (Fsp3) is 0.500. The third-order valence-corrected chi connectivity index (χ3v) is 7.30. The van der Waals surface area contributed by atoms with Crippen molar-refractivity contribution in [1.29, 1.82) is 0 Å². The molecule has 2 N–H and O–H groups in total. The standard InChI is InChI=1S/C28H35N5O8/c1-3-40-27(39)32-15-13-31(14-16-32)26(38)20(9-10-24(35)36)29-25(37)21-17-23(41-18-22(34)28(2)11-12-28)33(30-21)19-7-5-4-6-8-19/h4-8,17,20H,3,9-16,18H2,1-2H3,(H,29,37)(H,35,36)/t20-/m0/s1. The summed E-state index contributed by atoms with van der Waals surface area (Å²) in [6.07, 6.45) is 0.686. The molecule has 1 saturated heterocycles. The molecule has 1 saturated carbocycles. The topological polar surface area (TPSA) is 160 Å². The fourth-order valence-electron chi connectivity index (χ4n) is 4.41. The Bertz CT molecular complexity index is 1280. The first-order chi connectivity index (χ1) is 19.6. The lowest BCUT2D eigenvalue weighted by molar-refractivity contribution is -0.138. The summed E-state index contributed by atoms with van der Waals surface area (Å²) in [4.78, 5) is 65.4. The number of nitrogens with one attached hydrogen (secondary N) is 1. The number of hydrogen-bond acceptors (Lipinski definition) is 8. The van der Waals surface area contributed by atoms with Crippen molar-refractivity contribution in [2.45, 2.75) is 45.6 Å². The van der Waals surface area contributed by atoms with E-state index in [2.05, 4.69) is 10.4 Å². The van der Waals surface area contributed by atoms with Crippen molar-refractivity contribution in [2.75, 3.05) is 39.4 Å². The lowest BCUT2D eigenvalue weighted by Gasteiger charge is -2.35. The van der Waals surface area contributed by atoms with Gasteiger partial charge in [-0.05, 0) is 38.3 Å². The van der Waals surface area contributed by atoms with Gasteiger partial charge in [-0.25, -0.2) is 9.48 Å². The van der Waals surface area contributed by atoms with Crippen LogP contribution >= 0.6 is 0 Å². The minimum atomic E-state index is -1.13. The van der Waals surface area contributed by atoms with Gasteiger partial charge in [0.1, 0.15) is 12.6 Å². The molecular formula is C28H35N5O8. The molecule has 1 atom stereocenters. The van der Waals surface area contributed by atoms with Crippen LogP contribution in [0.5, 0.6) is 5.88 Å². The molecule has 13 nitrogen and oxygen atoms in total. The number of para-hydroxylation sites is 1. The third kappa shape index (κ3) is 7.41. The Morgan fingerprint density at radius 1 is 1.05 bits per heavy atom. The number of carbonyl (C=O) groups excluding carboxylic acids is 4. The first-order valence-electron chi connectivity index (χ1n) is 13.7. The number of carboxylic acid groups (broad SMARTS) is 1. The van der Waals surface area contributed by atoms with Crippen LogP contribution in [0.4, 0.5) is 4.79 Å². The zero-order chi connectivity index (χ0) is 29.6. The number of benzene rings is 1. The molecule has 2 aliphatic rings. The number of aliphatic carboxylic acids is 1. The average molecular weight is 570 g/mol. The second kappa shape index (κ2) is 12.8. The second-order valence-electron chi connectivity index (χ2n) is 10.4. The van der Waals surface area contributed by atoms with Gasteiger partial charge in [0.2, 0.25) is 11.8 Å². The number of nitrogens with zero attached hydrogens (tertiary/aromatic N) is 4. The van der Waals surface area contributed by atoms with Gasteiger partial charge in [-0.2, -0.15) is 5.10 Å². The van der Waals surface area contributed by atoms with Gasteiger partial charge in [-0.3, -0.25) is 19.2 Å². The Kier molecular flexibility index (Phi) is 9.25. The first-order valence-corrected chi connectivity index (χ1v) is 13.7. The first kappa shape index (κ1) is 29.6. The van der Waals surface area contributed by atoms with Crippen LogP contribution in [-0.2, 0) is 19.1 Å². The van der Waals surface area contributed by atoms with Crippen LogP contribution in [0.15, 0.2) is 36.4 Å². The predicted molar refractivity (Wildman–Crippen MR) is 145 cm³/mol. The van der Waals surface area contributed by atoms with Gasteiger partial charge in [0.25, 0.3) is 5.91 Å². The Morgan fingerprint density at radius 3 is 2.32 bits per heavy atom. The number of carbonyl (C=O) groups is 5. The Hall–Kier alpha value is -4.42. The van der Waals surface area contributed by atoms with E-state index in [-0.39, 0.29) is 75.0 Å². The number of ether oxygens (including phenoxy) is 2. The van der Waals surface area contributed by atoms with Crippen molar-refractivity contribution in [1.82, 2.24) is 24.9 Å². The van der Waals surface area contributed by atoms with Crippen LogP contribution in [0.25, 0.3) is 5.69 Å². The molecule has 0 radical (unpaired) electrons. The van der Waals surface area contributed by atoms with E-state index < -0.39 is 29.9 Å². The van der Waals surface area contributed by atoms with E-state index in [1.54, 1.807) is 31.2 Å². The monoisotopic (exact) mass is 569 g/mol. The highest BCUT2D eigenvalue weighted by Gasteiger charge is 2.44. The summed E-state index contributed by atoms with van der Waals surface area (Å²) in [5.74, 6) is -2.11. The average Bonchev–Trinajstić information content (AvgIpc) is 3.58. The summed E-state index contributed by atoms with van der Waals surface area (Å²) >= 11 is 0. The van der Waals surface area contributed by atoms with Crippen LogP contribution in [0.1, 0.15) is 50.0 Å². The Morgan fingerprint density at radius 2 is 1.71 bits per heavy atom. The predicted octanol–water partition coefficient (Wildman–Crippen LogP) is 1.88. The minimum Gasteiger partial charge on any atom is -0.481 e. The Labute approximate surface area is 237 Å². The molecule has 4 rings (SSSR count). The van der Waals surface area contributed by atoms with E-state index in [4.69, 9.17) is 9.47 Å². The molecule has 41 heavy (non-hydrogen) atoms. The molecule has 2 fully saturated rings. The van der Waals surface area contributed by atoms with E-state index in [0.29, 0.717) is 5.69 Å². The van der Waals surface area contributed by atoms with Crippen LogP contribution in [-0.4, -0.2) is 99.8 Å². The maximum Gasteiger partial charge on any atom is 0.409 e. The molecule has 0 bridgehead atoms. The summed E-state index contributed by atoms with van der Waals surface area (Å²) < 4.78 is 12.2. The number of aromatic nitrogens is 2. The van der Waals surface area contributed by atoms with Crippen molar-refractivity contribution in [3.8, 4) is 11.6 Å². The van der Waals surface area contributed by atoms with E-state index in [1.165, 1.54) is 20.5 Å². The summed E-state index contributed by atoms with van der Waals surface area (Å²) in [7, 11) is 0. The van der Waals surface area contributed by atoms with Gasteiger partial charge in [0, 0.05) is 44.1 Å². The molecule has 2 aromatic rings. The molecule has 1 aliphatic heterocycles. The van der Waals surface area contributed by atoms with Crippen LogP contribution in [0, 0.1) is 5.41 Å². The lowest BCUT2D eigenvalue weighted by Crippen LogP contribution is -2.56. The number of rotatable bonds is 12. The van der Waals surface area contributed by atoms with E-state index >= 15 is 0 Å². The molecular weight excluding hydrogens is 534 g/mol. The summed E-state index contributed by atoms with van der Waals surface area (Å²) in [6, 6.07) is 9.20. The maximum atomic E-state index is 13.3. The number of piperazine rings is 1. The van der Waals surface area contributed by atoms with Gasteiger partial charge in [-0.1, -0.05) is 25.1 Å². The van der Waals surface area contributed by atoms with Crippen molar-refractivity contribution >= 4 is 29.7 Å². The molecule has 1 aliphatic carbocycles. The third-order valence-electron chi connectivity index (χ3n) is 7.30. The van der Waals surface area contributed by atoms with E-state index in [0.717, 1.165) is 12.8 Å². The number of Topliss-reactive ketones (excluding diaryl/α,β-unsaturated/α-hetero) is 1. The van der Waals surface area contributed by atoms with Crippen molar-refractivity contribution < 1.29 is 38.6 Å². The van der Waals surface area contributed by atoms with Gasteiger partial charge >= 0.3 is 12.1 Å². The molecule has 0 spiro atoms. The minimum absolute atomic E-state index is 0.0355. The van der Waals surface area contributed by atoms with Crippen molar-refractivity contribution in [2.24, 2.45) is 5.41 Å². The van der Waals surface area contributed by atoms with Crippen LogP contribution in [0.3, 0.4) is 0 Å². The fourth-order valence-corrected chi connectivity index (χ4v) is 4.41. The number of amides is 3. The number of carboxylic acids is 1.